The van der Waals surface area contributed by atoms with Crippen molar-refractivity contribution in [3.8, 4) is 11.4 Å². The standard InChI is InChI=1S/C22H23N5O2S2/c1-12-7-8-16-17(9-12)31-21-18(16)20(28)24-19(25-21)13(2)30-22-26-23-11-27(22)14-5-4-6-15(10-14)29-3/h4-6,10-13H,7-9H2,1-3H3,(H,24,25,28). The lowest BCUT2D eigenvalue weighted by Gasteiger charge is -2.17. The molecular weight excluding hydrogens is 430 g/mol. The number of hydrogen-bond acceptors (Lipinski definition) is 7. The van der Waals surface area contributed by atoms with E-state index in [1.807, 2.05) is 35.8 Å². The summed E-state index contributed by atoms with van der Waals surface area (Å²) in [4.78, 5) is 23.0. The Morgan fingerprint density at radius 2 is 2.26 bits per heavy atom. The van der Waals surface area contributed by atoms with E-state index in [1.54, 1.807) is 24.8 Å². The van der Waals surface area contributed by atoms with Crippen LogP contribution in [0.25, 0.3) is 15.9 Å². The molecule has 0 amide bonds. The van der Waals surface area contributed by atoms with Crippen LogP contribution >= 0.6 is 23.1 Å². The van der Waals surface area contributed by atoms with Crippen LogP contribution in [0.3, 0.4) is 0 Å². The Morgan fingerprint density at radius 3 is 3.10 bits per heavy atom. The molecule has 0 radical (unpaired) electrons. The van der Waals surface area contributed by atoms with Crippen molar-refractivity contribution in [1.82, 2.24) is 24.7 Å². The lowest BCUT2D eigenvalue weighted by Crippen LogP contribution is -2.15. The van der Waals surface area contributed by atoms with Gasteiger partial charge in [0.05, 0.1) is 23.4 Å². The maximum absolute atomic E-state index is 12.9. The Kier molecular flexibility index (Phi) is 5.31. The fraction of sp³-hybridized carbons (Fsp3) is 0.364. The molecule has 5 rings (SSSR count). The maximum atomic E-state index is 12.9. The van der Waals surface area contributed by atoms with Crippen LogP contribution < -0.4 is 10.3 Å². The third-order valence-corrected chi connectivity index (χ3v) is 7.91. The molecule has 4 aromatic rings. The van der Waals surface area contributed by atoms with E-state index in [1.165, 1.54) is 22.2 Å². The molecule has 0 saturated carbocycles. The summed E-state index contributed by atoms with van der Waals surface area (Å²) in [5.41, 5.74) is 2.08. The van der Waals surface area contributed by atoms with Crippen molar-refractivity contribution in [3.63, 3.8) is 0 Å². The molecule has 1 aromatic carbocycles. The number of H-pyrrole nitrogens is 1. The Labute approximate surface area is 187 Å². The highest BCUT2D eigenvalue weighted by Crippen LogP contribution is 2.38. The number of methoxy groups -OCH3 is 1. The molecule has 0 fully saturated rings. The van der Waals surface area contributed by atoms with Crippen molar-refractivity contribution in [1.29, 1.82) is 0 Å². The minimum absolute atomic E-state index is 0.0336. The van der Waals surface area contributed by atoms with Gasteiger partial charge in [-0.2, -0.15) is 0 Å². The van der Waals surface area contributed by atoms with Crippen molar-refractivity contribution >= 4 is 33.3 Å². The number of ether oxygens (including phenoxy) is 1. The maximum Gasteiger partial charge on any atom is 0.259 e. The second kappa shape index (κ2) is 8.12. The zero-order valence-corrected chi connectivity index (χ0v) is 19.2. The molecule has 31 heavy (non-hydrogen) atoms. The molecule has 1 aliphatic rings. The Balaban J connectivity index is 1.46. The van der Waals surface area contributed by atoms with Crippen LogP contribution in [0.5, 0.6) is 5.75 Å². The van der Waals surface area contributed by atoms with E-state index >= 15 is 0 Å². The van der Waals surface area contributed by atoms with Crippen LogP contribution in [0.2, 0.25) is 0 Å². The number of aromatic nitrogens is 5. The number of nitrogens with one attached hydrogen (secondary N) is 1. The Hall–Kier alpha value is -2.65. The second-order valence-electron chi connectivity index (χ2n) is 7.93. The van der Waals surface area contributed by atoms with Crippen molar-refractivity contribution in [3.05, 3.63) is 57.2 Å². The number of nitrogens with zero attached hydrogens (tertiary/aromatic N) is 4. The van der Waals surface area contributed by atoms with Gasteiger partial charge in [0.1, 0.15) is 22.7 Å². The highest BCUT2D eigenvalue weighted by Gasteiger charge is 2.24. The van der Waals surface area contributed by atoms with E-state index in [4.69, 9.17) is 9.72 Å². The lowest BCUT2D eigenvalue weighted by molar-refractivity contribution is 0.414. The van der Waals surface area contributed by atoms with Gasteiger partial charge >= 0.3 is 0 Å². The van der Waals surface area contributed by atoms with Gasteiger partial charge in [0.15, 0.2) is 5.16 Å². The molecule has 0 aliphatic heterocycles. The van der Waals surface area contributed by atoms with Gasteiger partial charge in [0.2, 0.25) is 0 Å². The molecule has 3 heterocycles. The fourth-order valence-electron chi connectivity index (χ4n) is 4.01. The van der Waals surface area contributed by atoms with Gasteiger partial charge in [-0.15, -0.1) is 21.5 Å². The van der Waals surface area contributed by atoms with E-state index in [9.17, 15) is 4.79 Å². The van der Waals surface area contributed by atoms with Gasteiger partial charge < -0.3 is 9.72 Å². The molecule has 2 atom stereocenters. The van der Waals surface area contributed by atoms with Crippen molar-refractivity contribution in [2.24, 2.45) is 5.92 Å². The zero-order chi connectivity index (χ0) is 21.5. The summed E-state index contributed by atoms with van der Waals surface area (Å²) in [7, 11) is 1.64. The lowest BCUT2D eigenvalue weighted by atomic mass is 9.89. The number of benzene rings is 1. The predicted octanol–water partition coefficient (Wildman–Crippen LogP) is 4.55. The molecule has 0 bridgehead atoms. The third-order valence-electron chi connectivity index (χ3n) is 5.70. The van der Waals surface area contributed by atoms with Gasteiger partial charge in [-0.1, -0.05) is 24.8 Å². The molecule has 0 spiro atoms. The van der Waals surface area contributed by atoms with E-state index in [2.05, 4.69) is 22.1 Å². The molecule has 7 nitrogen and oxygen atoms in total. The Morgan fingerprint density at radius 1 is 1.39 bits per heavy atom. The number of aryl methyl sites for hydroxylation is 1. The van der Waals surface area contributed by atoms with Gasteiger partial charge in [-0.05, 0) is 49.8 Å². The van der Waals surface area contributed by atoms with Crippen LogP contribution in [0.1, 0.15) is 41.8 Å². The summed E-state index contributed by atoms with van der Waals surface area (Å²) in [5.74, 6) is 2.09. The third kappa shape index (κ3) is 3.76. The topological polar surface area (TPSA) is 85.7 Å². The highest BCUT2D eigenvalue weighted by atomic mass is 32.2. The normalized spacial score (nSPS) is 16.9. The quantitative estimate of drug-likeness (QED) is 0.446. The van der Waals surface area contributed by atoms with E-state index < -0.39 is 0 Å². The number of aromatic amines is 1. The second-order valence-corrected chi connectivity index (χ2v) is 10.3. The summed E-state index contributed by atoms with van der Waals surface area (Å²) in [6.07, 6.45) is 4.82. The zero-order valence-electron chi connectivity index (χ0n) is 17.6. The number of thioether (sulfide) groups is 1. The minimum atomic E-state index is -0.0938. The first-order chi connectivity index (χ1) is 15.0. The summed E-state index contributed by atoms with van der Waals surface area (Å²) in [6.45, 7) is 4.29. The Bertz CT molecular complexity index is 1310. The number of thiophene rings is 1. The number of hydrogen-bond donors (Lipinski definition) is 1. The molecule has 1 aliphatic carbocycles. The fourth-order valence-corrected chi connectivity index (χ4v) is 6.30. The van der Waals surface area contributed by atoms with Gasteiger partial charge in [-0.3, -0.25) is 9.36 Å². The van der Waals surface area contributed by atoms with Crippen molar-refractivity contribution in [2.45, 2.75) is 43.5 Å². The summed E-state index contributed by atoms with van der Waals surface area (Å²) >= 11 is 3.19. The number of fused-ring (bicyclic) bond motifs is 3. The average molecular weight is 454 g/mol. The first-order valence-electron chi connectivity index (χ1n) is 10.3. The smallest absolute Gasteiger partial charge is 0.259 e. The summed E-state index contributed by atoms with van der Waals surface area (Å²) in [5, 5.41) is 9.77. The first kappa shape index (κ1) is 20.3. The van der Waals surface area contributed by atoms with Crippen molar-refractivity contribution < 1.29 is 4.74 Å². The van der Waals surface area contributed by atoms with Crippen LogP contribution in [0.15, 0.2) is 40.5 Å². The molecule has 3 aromatic heterocycles. The van der Waals surface area contributed by atoms with Crippen LogP contribution in [0, 0.1) is 5.92 Å². The van der Waals surface area contributed by atoms with Gasteiger partial charge in [0, 0.05) is 10.9 Å². The summed E-state index contributed by atoms with van der Waals surface area (Å²) < 4.78 is 7.24. The molecule has 160 valence electrons. The molecule has 1 N–H and O–H groups in total. The largest absolute Gasteiger partial charge is 0.497 e. The minimum Gasteiger partial charge on any atom is -0.497 e. The predicted molar refractivity (Wildman–Crippen MR) is 124 cm³/mol. The number of rotatable bonds is 5. The van der Waals surface area contributed by atoms with Gasteiger partial charge in [-0.25, -0.2) is 4.98 Å². The van der Waals surface area contributed by atoms with E-state index in [-0.39, 0.29) is 10.8 Å². The monoisotopic (exact) mass is 453 g/mol. The van der Waals surface area contributed by atoms with Crippen molar-refractivity contribution in [2.75, 3.05) is 7.11 Å². The summed E-state index contributed by atoms with van der Waals surface area (Å²) in [6, 6.07) is 7.73. The van der Waals surface area contributed by atoms with E-state index in [0.29, 0.717) is 11.7 Å². The molecule has 0 saturated heterocycles. The van der Waals surface area contributed by atoms with Crippen LogP contribution in [-0.2, 0) is 12.8 Å². The van der Waals surface area contributed by atoms with Crippen LogP contribution in [0.4, 0.5) is 0 Å². The molecule has 9 heteroatoms. The first-order valence-corrected chi connectivity index (χ1v) is 12.0. The van der Waals surface area contributed by atoms with Gasteiger partial charge in [0.25, 0.3) is 5.56 Å². The average Bonchev–Trinajstić information content (AvgIpc) is 3.37. The molecular formula is C22H23N5O2S2. The molecule has 2 unspecified atom stereocenters. The SMILES string of the molecule is COc1cccc(-n2cnnc2SC(C)c2nc3sc4c(c3c(=O)[nH]2)CCC(C)C4)c1. The highest BCUT2D eigenvalue weighted by molar-refractivity contribution is 7.99. The van der Waals surface area contributed by atoms with E-state index in [0.717, 1.165) is 46.1 Å². The van der Waals surface area contributed by atoms with Crippen LogP contribution in [-0.4, -0.2) is 31.8 Å².